The number of benzene rings is 1. The summed E-state index contributed by atoms with van der Waals surface area (Å²) in [4.78, 5) is 11.4. The molecule has 2 nitrogen and oxygen atoms in total. The summed E-state index contributed by atoms with van der Waals surface area (Å²) in [6, 6.07) is 4.97. The Morgan fingerprint density at radius 1 is 1.41 bits per heavy atom. The Labute approximate surface area is 112 Å². The van der Waals surface area contributed by atoms with Crippen molar-refractivity contribution in [2.45, 2.75) is 32.6 Å². The SMILES string of the molecule is CCCC(C)C(C(=O)O)c1ccc(Cl)cc1Cl. The average Bonchev–Trinajstić information content (AvgIpc) is 2.21. The fourth-order valence-corrected chi connectivity index (χ4v) is 2.58. The summed E-state index contributed by atoms with van der Waals surface area (Å²) >= 11 is 11.9. The van der Waals surface area contributed by atoms with Gasteiger partial charge >= 0.3 is 5.97 Å². The topological polar surface area (TPSA) is 37.3 Å². The van der Waals surface area contributed by atoms with Gasteiger partial charge in [-0.1, -0.05) is 49.5 Å². The summed E-state index contributed by atoms with van der Waals surface area (Å²) in [5.74, 6) is -1.36. The first-order chi connectivity index (χ1) is 7.97. The van der Waals surface area contributed by atoms with Crippen LogP contribution in [-0.2, 0) is 4.79 Å². The summed E-state index contributed by atoms with van der Waals surface area (Å²) in [5, 5.41) is 10.3. The van der Waals surface area contributed by atoms with Gasteiger partial charge in [0.05, 0.1) is 5.92 Å². The lowest BCUT2D eigenvalue weighted by atomic mass is 9.84. The quantitative estimate of drug-likeness (QED) is 0.852. The van der Waals surface area contributed by atoms with Crippen molar-refractivity contribution in [2.24, 2.45) is 5.92 Å². The van der Waals surface area contributed by atoms with Crippen molar-refractivity contribution in [1.29, 1.82) is 0 Å². The van der Waals surface area contributed by atoms with Crippen molar-refractivity contribution in [2.75, 3.05) is 0 Å². The number of carboxylic acid groups (broad SMARTS) is 1. The van der Waals surface area contributed by atoms with Crippen LogP contribution in [0.2, 0.25) is 10.0 Å². The Morgan fingerprint density at radius 3 is 2.53 bits per heavy atom. The predicted molar refractivity (Wildman–Crippen MR) is 70.9 cm³/mol. The van der Waals surface area contributed by atoms with E-state index >= 15 is 0 Å². The Kier molecular flexibility index (Phi) is 5.29. The predicted octanol–water partition coefficient (Wildman–Crippen LogP) is 4.60. The molecular weight excluding hydrogens is 259 g/mol. The van der Waals surface area contributed by atoms with Gasteiger partial charge < -0.3 is 5.11 Å². The molecule has 0 fully saturated rings. The summed E-state index contributed by atoms with van der Waals surface area (Å²) in [6.07, 6.45) is 1.81. The van der Waals surface area contributed by atoms with Crippen LogP contribution in [0, 0.1) is 5.92 Å². The Morgan fingerprint density at radius 2 is 2.06 bits per heavy atom. The third-order valence-electron chi connectivity index (χ3n) is 2.88. The summed E-state index contributed by atoms with van der Waals surface area (Å²) in [7, 11) is 0. The van der Waals surface area contributed by atoms with Crippen LogP contribution >= 0.6 is 23.2 Å². The molecule has 0 bridgehead atoms. The van der Waals surface area contributed by atoms with E-state index in [1.165, 1.54) is 0 Å². The highest BCUT2D eigenvalue weighted by Crippen LogP contribution is 2.34. The minimum Gasteiger partial charge on any atom is -0.481 e. The lowest BCUT2D eigenvalue weighted by Crippen LogP contribution is -2.19. The van der Waals surface area contributed by atoms with E-state index < -0.39 is 11.9 Å². The standard InChI is InChI=1S/C13H16Cl2O2/c1-3-4-8(2)12(13(16)17)10-6-5-9(14)7-11(10)15/h5-8,12H,3-4H2,1-2H3,(H,16,17). The molecule has 4 heteroatoms. The van der Waals surface area contributed by atoms with E-state index in [0.29, 0.717) is 15.6 Å². The van der Waals surface area contributed by atoms with E-state index in [9.17, 15) is 9.90 Å². The van der Waals surface area contributed by atoms with Crippen molar-refractivity contribution in [1.82, 2.24) is 0 Å². The fourth-order valence-electron chi connectivity index (χ4n) is 2.06. The molecule has 0 aliphatic rings. The third kappa shape index (κ3) is 3.62. The third-order valence-corrected chi connectivity index (χ3v) is 3.44. The maximum absolute atomic E-state index is 11.4. The van der Waals surface area contributed by atoms with E-state index in [2.05, 4.69) is 0 Å². The molecule has 0 spiro atoms. The van der Waals surface area contributed by atoms with Gasteiger partial charge in [0.1, 0.15) is 0 Å². The number of aliphatic carboxylic acids is 1. The first-order valence-electron chi connectivity index (χ1n) is 5.65. The van der Waals surface area contributed by atoms with Crippen molar-refractivity contribution >= 4 is 29.2 Å². The molecule has 1 N–H and O–H groups in total. The smallest absolute Gasteiger partial charge is 0.311 e. The van der Waals surface area contributed by atoms with Crippen LogP contribution in [-0.4, -0.2) is 11.1 Å². The van der Waals surface area contributed by atoms with Crippen molar-refractivity contribution < 1.29 is 9.90 Å². The van der Waals surface area contributed by atoms with Gasteiger partial charge in [0, 0.05) is 10.0 Å². The van der Waals surface area contributed by atoms with E-state index in [1.54, 1.807) is 18.2 Å². The molecule has 0 saturated carbocycles. The molecular formula is C13H16Cl2O2. The number of carboxylic acids is 1. The number of carbonyl (C=O) groups is 1. The lowest BCUT2D eigenvalue weighted by molar-refractivity contribution is -0.140. The van der Waals surface area contributed by atoms with Crippen LogP contribution < -0.4 is 0 Å². The largest absolute Gasteiger partial charge is 0.481 e. The zero-order valence-electron chi connectivity index (χ0n) is 9.91. The van der Waals surface area contributed by atoms with Gasteiger partial charge in [0.15, 0.2) is 0 Å². The van der Waals surface area contributed by atoms with Gasteiger partial charge in [0.2, 0.25) is 0 Å². The molecule has 94 valence electrons. The van der Waals surface area contributed by atoms with E-state index in [0.717, 1.165) is 12.8 Å². The minimum absolute atomic E-state index is 0.0520. The number of halogens is 2. The molecule has 0 aliphatic carbocycles. The molecule has 0 amide bonds. The number of hydrogen-bond donors (Lipinski definition) is 1. The molecule has 17 heavy (non-hydrogen) atoms. The van der Waals surface area contributed by atoms with Gasteiger partial charge in [-0.3, -0.25) is 4.79 Å². The molecule has 1 rings (SSSR count). The van der Waals surface area contributed by atoms with Crippen molar-refractivity contribution in [3.05, 3.63) is 33.8 Å². The van der Waals surface area contributed by atoms with Crippen LogP contribution in [0.3, 0.4) is 0 Å². The van der Waals surface area contributed by atoms with Crippen LogP contribution in [0.4, 0.5) is 0 Å². The second kappa shape index (κ2) is 6.27. The molecule has 0 saturated heterocycles. The van der Waals surface area contributed by atoms with E-state index in [4.69, 9.17) is 23.2 Å². The highest BCUT2D eigenvalue weighted by Gasteiger charge is 2.27. The summed E-state index contributed by atoms with van der Waals surface area (Å²) in [6.45, 7) is 3.98. The van der Waals surface area contributed by atoms with Crippen LogP contribution in [0.15, 0.2) is 18.2 Å². The van der Waals surface area contributed by atoms with Crippen molar-refractivity contribution in [3.63, 3.8) is 0 Å². The molecule has 1 aromatic rings. The highest BCUT2D eigenvalue weighted by molar-refractivity contribution is 6.35. The van der Waals surface area contributed by atoms with Crippen LogP contribution in [0.5, 0.6) is 0 Å². The van der Waals surface area contributed by atoms with E-state index in [1.807, 2.05) is 13.8 Å². The molecule has 1 aromatic carbocycles. The molecule has 0 heterocycles. The van der Waals surface area contributed by atoms with Gasteiger partial charge in [-0.25, -0.2) is 0 Å². The summed E-state index contributed by atoms with van der Waals surface area (Å²) < 4.78 is 0. The Hall–Kier alpha value is -0.730. The van der Waals surface area contributed by atoms with Crippen LogP contribution in [0.1, 0.15) is 38.2 Å². The first kappa shape index (κ1) is 14.3. The molecule has 0 aromatic heterocycles. The zero-order chi connectivity index (χ0) is 13.0. The Bertz CT molecular complexity index is 404. The normalized spacial score (nSPS) is 14.4. The number of rotatable bonds is 5. The Balaban J connectivity index is 3.09. The summed E-state index contributed by atoms with van der Waals surface area (Å²) in [5.41, 5.74) is 0.643. The molecule has 2 atom stereocenters. The maximum Gasteiger partial charge on any atom is 0.311 e. The zero-order valence-corrected chi connectivity index (χ0v) is 11.4. The fraction of sp³-hybridized carbons (Fsp3) is 0.462. The van der Waals surface area contributed by atoms with Gasteiger partial charge in [-0.05, 0) is 30.0 Å². The second-order valence-corrected chi connectivity index (χ2v) is 5.09. The van der Waals surface area contributed by atoms with Gasteiger partial charge in [0.25, 0.3) is 0 Å². The lowest BCUT2D eigenvalue weighted by Gasteiger charge is -2.21. The van der Waals surface area contributed by atoms with Crippen molar-refractivity contribution in [3.8, 4) is 0 Å². The minimum atomic E-state index is -0.838. The first-order valence-corrected chi connectivity index (χ1v) is 6.40. The van der Waals surface area contributed by atoms with Gasteiger partial charge in [-0.2, -0.15) is 0 Å². The second-order valence-electron chi connectivity index (χ2n) is 4.25. The molecule has 0 radical (unpaired) electrons. The maximum atomic E-state index is 11.4. The van der Waals surface area contributed by atoms with E-state index in [-0.39, 0.29) is 5.92 Å². The molecule has 0 aliphatic heterocycles. The monoisotopic (exact) mass is 274 g/mol. The highest BCUT2D eigenvalue weighted by atomic mass is 35.5. The van der Waals surface area contributed by atoms with Crippen LogP contribution in [0.25, 0.3) is 0 Å². The average molecular weight is 275 g/mol. The molecule has 2 unspecified atom stereocenters. The van der Waals surface area contributed by atoms with Gasteiger partial charge in [-0.15, -0.1) is 0 Å². The number of hydrogen-bond acceptors (Lipinski definition) is 1.